The van der Waals surface area contributed by atoms with Gasteiger partial charge in [0, 0.05) is 12.5 Å². The summed E-state index contributed by atoms with van der Waals surface area (Å²) in [4.78, 5) is 9.39. The maximum Gasteiger partial charge on any atom is 0.0875 e. The molecule has 1 aliphatic rings. The van der Waals surface area contributed by atoms with Crippen molar-refractivity contribution in [1.29, 1.82) is 0 Å². The first-order valence-corrected chi connectivity index (χ1v) is 3.20. The highest BCUT2D eigenvalue weighted by Crippen LogP contribution is 2.16. The third-order valence-electron chi connectivity index (χ3n) is 1.74. The van der Waals surface area contributed by atoms with Gasteiger partial charge >= 0.3 is 0 Å². The molecule has 1 fully saturated rings. The van der Waals surface area contributed by atoms with Gasteiger partial charge in [-0.3, -0.25) is 0 Å². The van der Waals surface area contributed by atoms with Crippen molar-refractivity contribution in [2.75, 3.05) is 19.8 Å². The van der Waals surface area contributed by atoms with Crippen LogP contribution in [0.4, 0.5) is 0 Å². The van der Waals surface area contributed by atoms with Crippen LogP contribution in [0.2, 0.25) is 0 Å². The molecule has 1 heterocycles. The van der Waals surface area contributed by atoms with Gasteiger partial charge in [0.05, 0.1) is 13.2 Å². The number of hydrogen-bond acceptors (Lipinski definition) is 3. The highest BCUT2D eigenvalue weighted by atomic mass is 17.2. The number of hydrogen-bond donors (Lipinski definition) is 1. The van der Waals surface area contributed by atoms with Crippen LogP contribution >= 0.6 is 0 Å². The zero-order valence-electron chi connectivity index (χ0n) is 5.54. The second-order valence-electron chi connectivity index (χ2n) is 2.49. The Labute approximate surface area is 54.5 Å². The van der Waals surface area contributed by atoms with E-state index in [1.807, 2.05) is 6.92 Å². The molecule has 0 spiro atoms. The van der Waals surface area contributed by atoms with E-state index in [-0.39, 0.29) is 12.5 Å². The molecule has 1 saturated heterocycles. The third-order valence-corrected chi connectivity index (χ3v) is 1.74. The molecule has 0 aromatic carbocycles. The van der Waals surface area contributed by atoms with Crippen LogP contribution in [-0.4, -0.2) is 24.9 Å². The first-order chi connectivity index (χ1) is 4.34. The summed E-state index contributed by atoms with van der Waals surface area (Å²) in [5, 5.41) is 8.73. The zero-order valence-corrected chi connectivity index (χ0v) is 5.54. The lowest BCUT2D eigenvalue weighted by molar-refractivity contribution is -0.338. The normalized spacial score (nSPS) is 36.7. The maximum atomic E-state index is 8.73. The van der Waals surface area contributed by atoms with Crippen molar-refractivity contribution < 1.29 is 14.9 Å². The lowest BCUT2D eigenvalue weighted by Crippen LogP contribution is -2.30. The highest BCUT2D eigenvalue weighted by Gasteiger charge is 2.21. The fourth-order valence-corrected chi connectivity index (χ4v) is 0.824. The molecule has 0 radical (unpaired) electrons. The van der Waals surface area contributed by atoms with Crippen molar-refractivity contribution in [2.24, 2.45) is 11.8 Å². The van der Waals surface area contributed by atoms with Crippen molar-refractivity contribution in [1.82, 2.24) is 0 Å². The van der Waals surface area contributed by atoms with E-state index in [2.05, 4.69) is 4.89 Å². The molecule has 0 bridgehead atoms. The fourth-order valence-electron chi connectivity index (χ4n) is 0.824. The molecule has 54 valence electrons. The van der Waals surface area contributed by atoms with Gasteiger partial charge in [-0.15, -0.1) is 0 Å². The summed E-state index contributed by atoms with van der Waals surface area (Å²) in [6, 6.07) is 0. The van der Waals surface area contributed by atoms with E-state index in [9.17, 15) is 0 Å². The smallest absolute Gasteiger partial charge is 0.0875 e. The largest absolute Gasteiger partial charge is 0.396 e. The van der Waals surface area contributed by atoms with Crippen LogP contribution in [0.5, 0.6) is 0 Å². The predicted molar refractivity (Wildman–Crippen MR) is 31.6 cm³/mol. The molecule has 0 amide bonds. The average molecular weight is 132 g/mol. The van der Waals surface area contributed by atoms with Gasteiger partial charge in [0.2, 0.25) is 0 Å². The van der Waals surface area contributed by atoms with Gasteiger partial charge in [-0.25, -0.2) is 9.78 Å². The van der Waals surface area contributed by atoms with E-state index in [4.69, 9.17) is 9.99 Å². The molecule has 3 nitrogen and oxygen atoms in total. The predicted octanol–water partition coefficient (Wildman–Crippen LogP) is 0.193. The minimum absolute atomic E-state index is 0.199. The SMILES string of the molecule is CC1COOCC1CO. The molecule has 1 N–H and O–H groups in total. The summed E-state index contributed by atoms with van der Waals surface area (Å²) in [6.07, 6.45) is 0. The second-order valence-corrected chi connectivity index (χ2v) is 2.49. The van der Waals surface area contributed by atoms with Crippen molar-refractivity contribution in [3.8, 4) is 0 Å². The van der Waals surface area contributed by atoms with Crippen molar-refractivity contribution in [3.63, 3.8) is 0 Å². The van der Waals surface area contributed by atoms with E-state index in [0.29, 0.717) is 19.1 Å². The van der Waals surface area contributed by atoms with Crippen LogP contribution in [-0.2, 0) is 9.78 Å². The van der Waals surface area contributed by atoms with Crippen molar-refractivity contribution >= 4 is 0 Å². The topological polar surface area (TPSA) is 38.7 Å². The number of aliphatic hydroxyl groups excluding tert-OH is 1. The van der Waals surface area contributed by atoms with Gasteiger partial charge in [-0.05, 0) is 5.92 Å². The first kappa shape index (κ1) is 6.99. The Morgan fingerprint density at radius 2 is 2.11 bits per heavy atom. The van der Waals surface area contributed by atoms with E-state index >= 15 is 0 Å². The lowest BCUT2D eigenvalue weighted by Gasteiger charge is -2.25. The number of rotatable bonds is 1. The fraction of sp³-hybridized carbons (Fsp3) is 1.00. The van der Waals surface area contributed by atoms with Gasteiger partial charge in [-0.1, -0.05) is 6.92 Å². The molecule has 3 heteroatoms. The van der Waals surface area contributed by atoms with Gasteiger partial charge in [0.15, 0.2) is 0 Å². The molecule has 0 aromatic heterocycles. The van der Waals surface area contributed by atoms with Crippen LogP contribution in [0.15, 0.2) is 0 Å². The summed E-state index contributed by atoms with van der Waals surface area (Å²) in [7, 11) is 0. The van der Waals surface area contributed by atoms with E-state index in [1.165, 1.54) is 0 Å². The van der Waals surface area contributed by atoms with Crippen LogP contribution in [0, 0.1) is 11.8 Å². The minimum Gasteiger partial charge on any atom is -0.396 e. The van der Waals surface area contributed by atoms with Crippen LogP contribution in [0.25, 0.3) is 0 Å². The van der Waals surface area contributed by atoms with Crippen molar-refractivity contribution in [2.45, 2.75) is 6.92 Å². The minimum atomic E-state index is 0.199. The Bertz CT molecular complexity index is 84.4. The van der Waals surface area contributed by atoms with E-state index in [1.54, 1.807) is 0 Å². The maximum absolute atomic E-state index is 8.73. The molecular formula is C6H12O3. The van der Waals surface area contributed by atoms with Gasteiger partial charge < -0.3 is 5.11 Å². The lowest BCUT2D eigenvalue weighted by atomic mass is 9.96. The Balaban J connectivity index is 2.30. The van der Waals surface area contributed by atoms with Crippen LogP contribution in [0.3, 0.4) is 0 Å². The average Bonchev–Trinajstić information content (AvgIpc) is 1.89. The monoisotopic (exact) mass is 132 g/mol. The third kappa shape index (κ3) is 1.64. The molecule has 2 unspecified atom stereocenters. The summed E-state index contributed by atoms with van der Waals surface area (Å²) >= 11 is 0. The van der Waals surface area contributed by atoms with Crippen LogP contribution < -0.4 is 0 Å². The summed E-state index contributed by atoms with van der Waals surface area (Å²) in [5.41, 5.74) is 0. The summed E-state index contributed by atoms with van der Waals surface area (Å²) in [6.45, 7) is 3.37. The van der Waals surface area contributed by atoms with Gasteiger partial charge in [0.25, 0.3) is 0 Å². The molecular weight excluding hydrogens is 120 g/mol. The molecule has 1 aliphatic heterocycles. The van der Waals surface area contributed by atoms with Crippen LogP contribution in [0.1, 0.15) is 6.92 Å². The molecule has 1 rings (SSSR count). The van der Waals surface area contributed by atoms with Gasteiger partial charge in [-0.2, -0.15) is 0 Å². The Morgan fingerprint density at radius 1 is 1.44 bits per heavy atom. The Morgan fingerprint density at radius 3 is 2.56 bits per heavy atom. The Kier molecular flexibility index (Phi) is 2.45. The quantitative estimate of drug-likeness (QED) is 0.518. The van der Waals surface area contributed by atoms with E-state index in [0.717, 1.165) is 0 Å². The summed E-state index contributed by atoms with van der Waals surface area (Å²) < 4.78 is 0. The van der Waals surface area contributed by atoms with E-state index < -0.39 is 0 Å². The Hall–Kier alpha value is -0.120. The zero-order chi connectivity index (χ0) is 6.69. The second kappa shape index (κ2) is 3.15. The molecule has 9 heavy (non-hydrogen) atoms. The van der Waals surface area contributed by atoms with Gasteiger partial charge in [0.1, 0.15) is 0 Å². The molecule has 2 atom stereocenters. The molecule has 0 aliphatic carbocycles. The standard InChI is InChI=1S/C6H12O3/c1-5-3-8-9-4-6(5)2-7/h5-7H,2-4H2,1H3. The number of aliphatic hydroxyl groups is 1. The molecule has 0 saturated carbocycles. The highest BCUT2D eigenvalue weighted by molar-refractivity contribution is 4.65. The molecule has 0 aromatic rings. The first-order valence-electron chi connectivity index (χ1n) is 3.20. The van der Waals surface area contributed by atoms with Crippen molar-refractivity contribution in [3.05, 3.63) is 0 Å². The summed E-state index contributed by atoms with van der Waals surface area (Å²) in [5.74, 6) is 0.683.